The minimum Gasteiger partial charge on any atom is -0.316 e. The summed E-state index contributed by atoms with van der Waals surface area (Å²) in [5, 5.41) is 9.60. The van der Waals surface area contributed by atoms with E-state index in [1.165, 1.54) is 21.2 Å². The van der Waals surface area contributed by atoms with E-state index in [-0.39, 0.29) is 15.8 Å². The van der Waals surface area contributed by atoms with Crippen molar-refractivity contribution in [1.29, 1.82) is 0 Å². The van der Waals surface area contributed by atoms with Crippen molar-refractivity contribution >= 4 is 46.8 Å². The molecule has 0 aromatic heterocycles. The first-order valence-electron chi connectivity index (χ1n) is 11.2. The van der Waals surface area contributed by atoms with Crippen LogP contribution in [0.2, 0.25) is 0 Å². The molecule has 0 aliphatic heterocycles. The van der Waals surface area contributed by atoms with Crippen LogP contribution in [0.25, 0.3) is 0 Å². The zero-order valence-corrected chi connectivity index (χ0v) is 23.8. The maximum absolute atomic E-state index is 7.50. The molecule has 0 spiro atoms. The molecule has 6 heteroatoms. The third-order valence-corrected chi connectivity index (χ3v) is 10.3. The van der Waals surface area contributed by atoms with Gasteiger partial charge in [-0.2, -0.15) is 0 Å². The van der Waals surface area contributed by atoms with Crippen molar-refractivity contribution in [2.45, 2.75) is 0 Å². The molecule has 0 atom stereocenters. The van der Waals surface area contributed by atoms with Gasteiger partial charge in [0.05, 0.1) is 0 Å². The minimum atomic E-state index is -0.328. The zero-order valence-electron chi connectivity index (χ0n) is 19.4. The van der Waals surface area contributed by atoms with Gasteiger partial charge in [0.1, 0.15) is 0 Å². The van der Waals surface area contributed by atoms with E-state index in [0.717, 1.165) is 25.4 Å². The smallest absolute Gasteiger partial charge is 0.000332 e. The summed E-state index contributed by atoms with van der Waals surface area (Å²) in [7, 11) is 3.95. The molecule has 0 unspecified atom stereocenters. The van der Waals surface area contributed by atoms with Crippen LogP contribution in [0.1, 0.15) is 0 Å². The van der Waals surface area contributed by atoms with Gasteiger partial charge in [-0.15, -0.1) is 0 Å². The summed E-state index contributed by atoms with van der Waals surface area (Å²) < 4.78 is 7.50. The Hall–Kier alpha value is -1.65. The molecule has 0 radical (unpaired) electrons. The van der Waals surface area contributed by atoms with Crippen molar-refractivity contribution in [3.8, 4) is 0 Å². The Bertz CT molecular complexity index is 906. The average Bonchev–Trinajstić information content (AvgIpc) is 2.97. The number of nitrogens with one attached hydrogen (secondary N) is 1. The largest absolute Gasteiger partial charge is 0.316 e. The van der Waals surface area contributed by atoms with Gasteiger partial charge in [-0.05, 0) is 62.5 Å². The zero-order chi connectivity index (χ0) is 25.1. The molecule has 0 fully saturated rings. The predicted octanol–water partition coefficient (Wildman–Crippen LogP) is 5.22. The fourth-order valence-corrected chi connectivity index (χ4v) is 8.27. The van der Waals surface area contributed by atoms with Gasteiger partial charge < -0.3 is 5.32 Å². The first-order chi connectivity index (χ1) is 17.4. The summed E-state index contributed by atoms with van der Waals surface area (Å²) in [5.41, 5.74) is 0. The molecule has 0 bridgehead atoms. The van der Waals surface area contributed by atoms with Crippen LogP contribution in [0, 0.1) is 6.65 Å². The van der Waals surface area contributed by atoms with Crippen molar-refractivity contribution in [2.24, 2.45) is 0 Å². The Morgan fingerprint density at radius 3 is 0.971 bits per heavy atom. The van der Waals surface area contributed by atoms with E-state index in [4.69, 9.17) is 4.65 Å². The Labute approximate surface area is 226 Å². The van der Waals surface area contributed by atoms with Gasteiger partial charge in [-0.3, -0.25) is 0 Å². The van der Waals surface area contributed by atoms with Crippen LogP contribution in [0.4, 0.5) is 0 Å². The van der Waals surface area contributed by atoms with Crippen LogP contribution in [-0.2, 0) is 22.0 Å². The van der Waals surface area contributed by atoms with Gasteiger partial charge in [-0.25, -0.2) is 0 Å². The first-order valence-corrected chi connectivity index (χ1v) is 16.7. The van der Waals surface area contributed by atoms with Crippen LogP contribution in [0.3, 0.4) is 0 Å². The third kappa shape index (κ3) is 10.1. The molecule has 0 aliphatic rings. The van der Waals surface area contributed by atoms with Crippen LogP contribution >= 0.6 is 25.5 Å². The molecule has 35 heavy (non-hydrogen) atoms. The summed E-state index contributed by atoms with van der Waals surface area (Å²) in [6, 6.07) is 44.0. The van der Waals surface area contributed by atoms with Gasteiger partial charge in [-0.1, -0.05) is 121 Å². The maximum Gasteiger partial charge on any atom is -0.000332 e. The second-order valence-electron chi connectivity index (χ2n) is 7.40. The van der Waals surface area contributed by atoms with Gasteiger partial charge >= 0.3 is 38.3 Å². The molecule has 4 rings (SSSR count). The number of hydrogen-bond donors (Lipinski definition) is 1. The van der Waals surface area contributed by atoms with Gasteiger partial charge in [0, 0.05) is 0 Å². The Kier molecular flexibility index (Phi) is 15.7. The van der Waals surface area contributed by atoms with Crippen LogP contribution in [0.15, 0.2) is 121 Å². The molecule has 0 saturated carbocycles. The van der Waals surface area contributed by atoms with E-state index in [9.17, 15) is 0 Å². The van der Waals surface area contributed by atoms with Gasteiger partial charge in [0.2, 0.25) is 0 Å². The van der Waals surface area contributed by atoms with Crippen LogP contribution in [-0.4, -0.2) is 25.4 Å². The molecule has 4 aromatic rings. The Balaban J connectivity index is 0.00000103. The van der Waals surface area contributed by atoms with E-state index >= 15 is 0 Å². The monoisotopic (exact) mass is 607 g/mol. The molecule has 182 valence electrons. The van der Waals surface area contributed by atoms with Gasteiger partial charge in [0.25, 0.3) is 0 Å². The third-order valence-electron chi connectivity index (χ3n) is 5.30. The summed E-state index contributed by atoms with van der Waals surface area (Å²) in [4.78, 5) is 0. The number of halogens is 1. The number of hydrogen-bond acceptors (Lipinski definition) is 1. The second-order valence-corrected chi connectivity index (χ2v) is 12.1. The molecule has 0 aliphatic carbocycles. The van der Waals surface area contributed by atoms with Crippen molar-refractivity contribution in [2.75, 3.05) is 25.4 Å². The number of rotatable bonds is 10. The second kappa shape index (κ2) is 18.6. The quantitative estimate of drug-likeness (QED) is 0.0867. The fourth-order valence-electron chi connectivity index (χ4n) is 3.75. The molecule has 2 nitrogen and oxygen atoms in total. The predicted molar refractivity (Wildman–Crippen MR) is 152 cm³/mol. The summed E-state index contributed by atoms with van der Waals surface area (Å²) in [6.07, 6.45) is 2.33. The summed E-state index contributed by atoms with van der Waals surface area (Å²) in [6.45, 7) is 6.59. The Morgan fingerprint density at radius 1 is 0.514 bits per heavy atom. The van der Waals surface area contributed by atoms with Crippen molar-refractivity contribution in [1.82, 2.24) is 5.32 Å². The topological polar surface area (TPSA) is 31.9 Å². The molecule has 0 saturated heterocycles. The molecular formula is C29H30ClNOP2Ru. The van der Waals surface area contributed by atoms with E-state index in [0.29, 0.717) is 0 Å². The van der Waals surface area contributed by atoms with E-state index in [1.54, 1.807) is 17.3 Å². The van der Waals surface area contributed by atoms with Crippen molar-refractivity contribution < 1.29 is 22.0 Å². The fraction of sp³-hybridized carbons (Fsp3) is 0.138. The Morgan fingerprint density at radius 2 is 0.743 bits per heavy atom. The maximum atomic E-state index is 7.50. The minimum absolute atomic E-state index is 0.328. The average molecular weight is 607 g/mol. The molecular weight excluding hydrogens is 577 g/mol. The normalized spacial score (nSPS) is 10.1. The van der Waals surface area contributed by atoms with E-state index < -0.39 is 0 Å². The standard InChI is InChI=1S/C28H29NP2.CO.ClH.Ru.H/c1-5-13-25(14-6-1)30(26-15-7-2-8-16-26)23-21-29-22-24-31(27-17-9-3-10-18-27)28-19-11-4-12-20-28;1-2;;;/h1-20,29H,21-24H2;;1H;;/q;;;+1;/p-1. The molecule has 4 aromatic carbocycles. The van der Waals surface area contributed by atoms with Crippen molar-refractivity contribution in [3.63, 3.8) is 0 Å². The molecule has 0 amide bonds. The van der Waals surface area contributed by atoms with Crippen molar-refractivity contribution in [3.05, 3.63) is 128 Å². The SMILES string of the molecule is [C-]#[O+].[Cl][RuH].c1ccc(P(CCNCCP(c2ccccc2)c2ccccc2)c2ccccc2)cc1. The van der Waals surface area contributed by atoms with Gasteiger partial charge in [0.15, 0.2) is 0 Å². The molecule has 0 heterocycles. The number of benzene rings is 4. The molecule has 1 N–H and O–H groups in total. The van der Waals surface area contributed by atoms with E-state index in [2.05, 4.69) is 143 Å². The summed E-state index contributed by atoms with van der Waals surface area (Å²) >= 11 is 1.62. The summed E-state index contributed by atoms with van der Waals surface area (Å²) in [5.74, 6) is 0. The first kappa shape index (κ1) is 29.6. The van der Waals surface area contributed by atoms with Crippen LogP contribution < -0.4 is 26.5 Å². The van der Waals surface area contributed by atoms with Crippen LogP contribution in [0.5, 0.6) is 0 Å². The van der Waals surface area contributed by atoms with E-state index in [1.807, 2.05) is 0 Å².